The fourth-order valence-corrected chi connectivity index (χ4v) is 8.11. The van der Waals surface area contributed by atoms with E-state index in [-0.39, 0.29) is 0 Å². The lowest BCUT2D eigenvalue weighted by Gasteiger charge is -2.16. The van der Waals surface area contributed by atoms with Crippen molar-refractivity contribution in [2.75, 3.05) is 0 Å². The molecular weight excluding hydrogens is 615 g/mol. The molecule has 2 aromatic heterocycles. The Hall–Kier alpha value is -5.97. The van der Waals surface area contributed by atoms with Crippen molar-refractivity contribution in [1.82, 2.24) is 15.0 Å². The van der Waals surface area contributed by atoms with Crippen LogP contribution in [0.3, 0.4) is 0 Å². The standard InChI is InChI=1S/C45H31N3S/c1-5-15-30(16-6-1)34-23-13-24-35(27-34)44-46-43(33-21-11-4-12-22-33)47-45(48-44)38-26-14-25-37-40-29-36(31-17-7-2-8-18-31)28-39(42(40)49-41(37)38)32-19-9-3-10-20-32/h1-17,19-29,31H,18H2. The number of rotatable bonds is 6. The Labute approximate surface area is 289 Å². The van der Waals surface area contributed by atoms with Gasteiger partial charge in [-0.3, -0.25) is 0 Å². The first kappa shape index (κ1) is 29.2. The molecule has 0 radical (unpaired) electrons. The zero-order valence-corrected chi connectivity index (χ0v) is 27.5. The van der Waals surface area contributed by atoms with Crippen molar-refractivity contribution in [3.63, 3.8) is 0 Å². The first-order valence-corrected chi connectivity index (χ1v) is 17.5. The second kappa shape index (κ2) is 12.6. The number of benzene rings is 6. The van der Waals surface area contributed by atoms with Gasteiger partial charge in [-0.05, 0) is 58.5 Å². The Morgan fingerprint density at radius 3 is 1.80 bits per heavy atom. The van der Waals surface area contributed by atoms with Crippen LogP contribution in [-0.2, 0) is 0 Å². The van der Waals surface area contributed by atoms with Gasteiger partial charge in [-0.15, -0.1) is 11.3 Å². The molecule has 0 N–H and O–H groups in total. The molecule has 0 amide bonds. The Morgan fingerprint density at radius 1 is 0.449 bits per heavy atom. The van der Waals surface area contributed by atoms with Crippen LogP contribution in [0.1, 0.15) is 17.9 Å². The molecule has 0 aliphatic heterocycles. The fraction of sp³-hybridized carbons (Fsp3) is 0.0444. The minimum atomic E-state index is 0.348. The highest BCUT2D eigenvalue weighted by molar-refractivity contribution is 7.26. The van der Waals surface area contributed by atoms with Crippen LogP contribution in [-0.4, -0.2) is 15.0 Å². The fourth-order valence-electron chi connectivity index (χ4n) is 6.78. The topological polar surface area (TPSA) is 38.7 Å². The zero-order valence-electron chi connectivity index (χ0n) is 26.7. The van der Waals surface area contributed by atoms with Crippen LogP contribution in [0.15, 0.2) is 170 Å². The van der Waals surface area contributed by atoms with E-state index in [4.69, 9.17) is 15.0 Å². The molecule has 0 spiro atoms. The number of thiophene rings is 1. The predicted molar refractivity (Wildman–Crippen MR) is 206 cm³/mol. The summed E-state index contributed by atoms with van der Waals surface area (Å²) in [5.41, 5.74) is 9.04. The summed E-state index contributed by atoms with van der Waals surface area (Å²) < 4.78 is 2.46. The summed E-state index contributed by atoms with van der Waals surface area (Å²) in [5.74, 6) is 2.34. The summed E-state index contributed by atoms with van der Waals surface area (Å²) in [6.07, 6.45) is 9.90. The van der Waals surface area contributed by atoms with Crippen LogP contribution >= 0.6 is 11.3 Å². The molecule has 1 atom stereocenters. The van der Waals surface area contributed by atoms with Gasteiger partial charge in [0.2, 0.25) is 0 Å². The second-order valence-electron chi connectivity index (χ2n) is 12.4. The van der Waals surface area contributed by atoms with E-state index in [2.05, 4.69) is 146 Å². The number of aromatic nitrogens is 3. The molecule has 232 valence electrons. The van der Waals surface area contributed by atoms with Gasteiger partial charge in [-0.2, -0.15) is 0 Å². The van der Waals surface area contributed by atoms with Crippen LogP contribution in [0.25, 0.3) is 76.6 Å². The summed E-state index contributed by atoms with van der Waals surface area (Å²) in [6, 6.07) is 51.2. The van der Waals surface area contributed by atoms with Gasteiger partial charge < -0.3 is 0 Å². The van der Waals surface area contributed by atoms with Crippen LogP contribution in [0.4, 0.5) is 0 Å². The molecule has 3 nitrogen and oxygen atoms in total. The van der Waals surface area contributed by atoms with Crippen LogP contribution in [0, 0.1) is 0 Å². The predicted octanol–water partition coefficient (Wildman–Crippen LogP) is 12.2. The smallest absolute Gasteiger partial charge is 0.165 e. The third-order valence-corrected chi connectivity index (χ3v) is 10.5. The first-order chi connectivity index (χ1) is 24.3. The minimum absolute atomic E-state index is 0.348. The monoisotopic (exact) mass is 645 g/mol. The van der Waals surface area contributed by atoms with Crippen molar-refractivity contribution in [2.24, 2.45) is 0 Å². The lowest BCUT2D eigenvalue weighted by atomic mass is 9.89. The van der Waals surface area contributed by atoms with Crippen molar-refractivity contribution in [3.8, 4) is 56.4 Å². The average molecular weight is 646 g/mol. The summed E-state index contributed by atoms with van der Waals surface area (Å²) in [4.78, 5) is 15.4. The number of allylic oxidation sites excluding steroid dienone is 4. The van der Waals surface area contributed by atoms with E-state index in [1.807, 2.05) is 35.6 Å². The molecule has 4 heteroatoms. The molecule has 9 rings (SSSR count). The molecule has 6 aromatic carbocycles. The van der Waals surface area contributed by atoms with E-state index in [1.54, 1.807) is 0 Å². The van der Waals surface area contributed by atoms with Crippen molar-refractivity contribution in [1.29, 1.82) is 0 Å². The van der Waals surface area contributed by atoms with E-state index < -0.39 is 0 Å². The molecular formula is C45H31N3S. The number of hydrogen-bond donors (Lipinski definition) is 0. The van der Waals surface area contributed by atoms with Crippen molar-refractivity contribution < 1.29 is 0 Å². The van der Waals surface area contributed by atoms with Gasteiger partial charge in [-0.25, -0.2) is 15.0 Å². The van der Waals surface area contributed by atoms with Crippen LogP contribution in [0.5, 0.6) is 0 Å². The maximum atomic E-state index is 5.19. The molecule has 2 heterocycles. The Balaban J connectivity index is 1.26. The van der Waals surface area contributed by atoms with Gasteiger partial charge in [-0.1, -0.05) is 146 Å². The highest BCUT2D eigenvalue weighted by atomic mass is 32.1. The van der Waals surface area contributed by atoms with Gasteiger partial charge in [0.05, 0.1) is 0 Å². The van der Waals surface area contributed by atoms with Crippen molar-refractivity contribution >= 4 is 31.5 Å². The largest absolute Gasteiger partial charge is 0.208 e. The SMILES string of the molecule is C1=CCC(c2cc(-c3ccccc3)c3sc4c(-c5nc(-c6ccccc6)nc(-c6cccc(-c7ccccc7)c6)n5)cccc4c3c2)C=C1. The van der Waals surface area contributed by atoms with Crippen molar-refractivity contribution in [3.05, 3.63) is 175 Å². The van der Waals surface area contributed by atoms with Crippen molar-refractivity contribution in [2.45, 2.75) is 12.3 Å². The van der Waals surface area contributed by atoms with E-state index in [1.165, 1.54) is 36.9 Å². The molecule has 0 bridgehead atoms. The van der Waals surface area contributed by atoms with Crippen LogP contribution < -0.4 is 0 Å². The van der Waals surface area contributed by atoms with Gasteiger partial charge in [0.15, 0.2) is 17.5 Å². The van der Waals surface area contributed by atoms with E-state index in [0.29, 0.717) is 23.4 Å². The van der Waals surface area contributed by atoms with Crippen LogP contribution in [0.2, 0.25) is 0 Å². The van der Waals surface area contributed by atoms with Gasteiger partial charge >= 0.3 is 0 Å². The molecule has 0 fully saturated rings. The highest BCUT2D eigenvalue weighted by Gasteiger charge is 2.20. The maximum Gasteiger partial charge on any atom is 0.165 e. The third kappa shape index (κ3) is 5.56. The highest BCUT2D eigenvalue weighted by Crippen LogP contribution is 2.45. The molecule has 8 aromatic rings. The molecule has 0 saturated carbocycles. The average Bonchev–Trinajstić information content (AvgIpc) is 3.58. The molecule has 0 saturated heterocycles. The summed E-state index contributed by atoms with van der Waals surface area (Å²) in [6.45, 7) is 0. The Kier molecular flexibility index (Phi) is 7.49. The summed E-state index contributed by atoms with van der Waals surface area (Å²) in [5, 5.41) is 2.50. The number of hydrogen-bond acceptors (Lipinski definition) is 4. The van der Waals surface area contributed by atoms with E-state index >= 15 is 0 Å². The van der Waals surface area contributed by atoms with Gasteiger partial charge in [0.25, 0.3) is 0 Å². The van der Waals surface area contributed by atoms with E-state index in [0.717, 1.165) is 34.2 Å². The lowest BCUT2D eigenvalue weighted by molar-refractivity contribution is 0.856. The first-order valence-electron chi connectivity index (χ1n) is 16.6. The van der Waals surface area contributed by atoms with Gasteiger partial charge in [0.1, 0.15) is 0 Å². The van der Waals surface area contributed by atoms with E-state index in [9.17, 15) is 0 Å². The molecule has 1 aliphatic carbocycles. The molecule has 1 unspecified atom stereocenters. The zero-order chi connectivity index (χ0) is 32.6. The molecule has 1 aliphatic rings. The number of fused-ring (bicyclic) bond motifs is 3. The van der Waals surface area contributed by atoms with Gasteiger partial charge in [0, 0.05) is 42.8 Å². The minimum Gasteiger partial charge on any atom is -0.208 e. The maximum absolute atomic E-state index is 5.19. The summed E-state index contributed by atoms with van der Waals surface area (Å²) >= 11 is 1.83. The Bertz CT molecular complexity index is 2520. The summed E-state index contributed by atoms with van der Waals surface area (Å²) in [7, 11) is 0. The second-order valence-corrected chi connectivity index (χ2v) is 13.4. The quantitative estimate of drug-likeness (QED) is 0.181. The lowest BCUT2D eigenvalue weighted by Crippen LogP contribution is -2.00. The normalized spacial score (nSPS) is 14.1. The third-order valence-electron chi connectivity index (χ3n) is 9.25. The number of nitrogens with zero attached hydrogens (tertiary/aromatic N) is 3. The molecule has 49 heavy (non-hydrogen) atoms. The Morgan fingerprint density at radius 2 is 1.06 bits per heavy atom.